The Morgan fingerprint density at radius 2 is 2.03 bits per heavy atom. The van der Waals surface area contributed by atoms with E-state index in [-0.39, 0.29) is 6.10 Å². The van der Waals surface area contributed by atoms with Gasteiger partial charge in [-0.1, -0.05) is 12.1 Å². The summed E-state index contributed by atoms with van der Waals surface area (Å²) >= 11 is 0. The zero-order valence-corrected chi connectivity index (χ0v) is 17.1. The van der Waals surface area contributed by atoms with Crippen molar-refractivity contribution < 1.29 is 4.74 Å². The Balaban J connectivity index is 1.46. The van der Waals surface area contributed by atoms with Crippen molar-refractivity contribution in [1.29, 1.82) is 5.26 Å². The summed E-state index contributed by atoms with van der Waals surface area (Å²) in [5.41, 5.74) is 3.44. The van der Waals surface area contributed by atoms with Crippen molar-refractivity contribution in [3.05, 3.63) is 72.9 Å². The van der Waals surface area contributed by atoms with E-state index in [1.807, 2.05) is 43.3 Å². The maximum atomic E-state index is 9.43. The van der Waals surface area contributed by atoms with E-state index in [9.17, 15) is 5.26 Å². The largest absolute Gasteiger partial charge is 0.489 e. The van der Waals surface area contributed by atoms with Gasteiger partial charge in [-0.2, -0.15) is 5.26 Å². The summed E-state index contributed by atoms with van der Waals surface area (Å²) in [4.78, 5) is 13.6. The zero-order valence-electron chi connectivity index (χ0n) is 17.1. The van der Waals surface area contributed by atoms with Crippen LogP contribution in [0.1, 0.15) is 12.5 Å². The van der Waals surface area contributed by atoms with Crippen LogP contribution < -0.4 is 4.74 Å². The van der Waals surface area contributed by atoms with E-state index in [1.54, 1.807) is 40.2 Å². The third-order valence-corrected chi connectivity index (χ3v) is 4.83. The molecule has 32 heavy (non-hydrogen) atoms. The van der Waals surface area contributed by atoms with Gasteiger partial charge in [-0.3, -0.25) is 4.57 Å². The number of benzene rings is 1. The monoisotopic (exact) mass is 423 g/mol. The van der Waals surface area contributed by atoms with Gasteiger partial charge in [0.25, 0.3) is 0 Å². The fraction of sp³-hybridized carbons (Fsp3) is 0.136. The summed E-state index contributed by atoms with van der Waals surface area (Å²) in [6.07, 6.45) is 4.70. The van der Waals surface area contributed by atoms with Crippen LogP contribution in [0.2, 0.25) is 0 Å². The Labute approximate surface area is 182 Å². The van der Waals surface area contributed by atoms with Crippen LogP contribution in [0.4, 0.5) is 0 Å². The van der Waals surface area contributed by atoms with Crippen LogP contribution in [0.3, 0.4) is 0 Å². The molecule has 1 unspecified atom stereocenters. The lowest BCUT2D eigenvalue weighted by Gasteiger charge is -2.15. The summed E-state index contributed by atoms with van der Waals surface area (Å²) in [6.45, 7) is 2.49. The lowest BCUT2D eigenvalue weighted by Crippen LogP contribution is -2.20. The lowest BCUT2D eigenvalue weighted by molar-refractivity contribution is 0.193. The fourth-order valence-corrected chi connectivity index (χ4v) is 3.41. The minimum Gasteiger partial charge on any atom is -0.489 e. The molecule has 0 amide bonds. The van der Waals surface area contributed by atoms with Gasteiger partial charge in [-0.05, 0) is 53.7 Å². The lowest BCUT2D eigenvalue weighted by atomic mass is 10.1. The minimum absolute atomic E-state index is 0.126. The molecular weight excluding hydrogens is 406 g/mol. The molecule has 0 bridgehead atoms. The highest BCUT2D eigenvalue weighted by molar-refractivity contribution is 5.77. The SMILES string of the molecule is CC(Cn1cnnn1)Oc1cccc(-c2ccc3ncn(-c4ncccc4C#N)c3n2)c1. The molecule has 0 radical (unpaired) electrons. The van der Waals surface area contributed by atoms with Gasteiger partial charge in [-0.25, -0.2) is 19.6 Å². The molecule has 4 aromatic heterocycles. The molecule has 0 spiro atoms. The average Bonchev–Trinajstić information content (AvgIpc) is 3.48. The van der Waals surface area contributed by atoms with Gasteiger partial charge in [0, 0.05) is 11.8 Å². The second kappa shape index (κ2) is 8.23. The predicted octanol–water partition coefficient (Wildman–Crippen LogP) is 2.81. The zero-order chi connectivity index (χ0) is 21.9. The first-order chi connectivity index (χ1) is 15.7. The number of aromatic nitrogens is 8. The van der Waals surface area contributed by atoms with Gasteiger partial charge >= 0.3 is 0 Å². The van der Waals surface area contributed by atoms with Crippen molar-refractivity contribution in [3.63, 3.8) is 0 Å². The van der Waals surface area contributed by atoms with E-state index in [0.717, 1.165) is 17.0 Å². The van der Waals surface area contributed by atoms with Crippen LogP contribution in [0, 0.1) is 11.3 Å². The van der Waals surface area contributed by atoms with E-state index in [0.29, 0.717) is 29.1 Å². The number of tetrazole rings is 1. The molecule has 5 aromatic rings. The maximum absolute atomic E-state index is 9.43. The van der Waals surface area contributed by atoms with E-state index in [4.69, 9.17) is 9.72 Å². The molecule has 4 heterocycles. The van der Waals surface area contributed by atoms with Crippen molar-refractivity contribution >= 4 is 11.2 Å². The van der Waals surface area contributed by atoms with Crippen LogP contribution in [0.15, 0.2) is 67.4 Å². The van der Waals surface area contributed by atoms with Gasteiger partial charge in [0.1, 0.15) is 36.1 Å². The number of hydrogen-bond donors (Lipinski definition) is 0. The third kappa shape index (κ3) is 3.75. The molecule has 0 saturated carbocycles. The molecule has 0 aliphatic carbocycles. The number of rotatable bonds is 6. The quantitative estimate of drug-likeness (QED) is 0.409. The van der Waals surface area contributed by atoms with Gasteiger partial charge < -0.3 is 4.74 Å². The molecule has 10 nitrogen and oxygen atoms in total. The average molecular weight is 423 g/mol. The van der Waals surface area contributed by atoms with Crippen molar-refractivity contribution in [1.82, 2.24) is 39.7 Å². The number of fused-ring (bicyclic) bond motifs is 1. The standard InChI is InChI=1S/C22H17N9O/c1-15(12-30-14-26-28-29-30)32-18-6-2-4-16(10-18)19-7-8-20-22(27-19)31(13-25-20)21-17(11-23)5-3-9-24-21/h2-10,13-15H,12H2,1H3. The van der Waals surface area contributed by atoms with E-state index in [1.165, 1.54) is 0 Å². The first-order valence-electron chi connectivity index (χ1n) is 9.89. The van der Waals surface area contributed by atoms with Gasteiger partial charge in [0.15, 0.2) is 11.5 Å². The summed E-state index contributed by atoms with van der Waals surface area (Å²) in [5.74, 6) is 1.21. The second-order valence-corrected chi connectivity index (χ2v) is 7.13. The van der Waals surface area contributed by atoms with E-state index in [2.05, 4.69) is 31.6 Å². The van der Waals surface area contributed by atoms with Gasteiger partial charge in [-0.15, -0.1) is 5.10 Å². The van der Waals surface area contributed by atoms with Crippen LogP contribution in [-0.2, 0) is 6.54 Å². The molecule has 1 atom stereocenters. The molecule has 0 fully saturated rings. The highest BCUT2D eigenvalue weighted by Gasteiger charge is 2.13. The van der Waals surface area contributed by atoms with Crippen molar-refractivity contribution in [2.45, 2.75) is 19.6 Å². The number of pyridine rings is 2. The second-order valence-electron chi connectivity index (χ2n) is 7.13. The van der Waals surface area contributed by atoms with Crippen LogP contribution in [0.5, 0.6) is 5.75 Å². The molecule has 0 N–H and O–H groups in total. The van der Waals surface area contributed by atoms with E-state index < -0.39 is 0 Å². The van der Waals surface area contributed by atoms with Crippen LogP contribution in [0.25, 0.3) is 28.2 Å². The van der Waals surface area contributed by atoms with Crippen LogP contribution in [-0.4, -0.2) is 45.8 Å². The molecule has 1 aromatic carbocycles. The molecular formula is C22H17N9O. The summed E-state index contributed by atoms with van der Waals surface area (Å²) < 4.78 is 9.39. The van der Waals surface area contributed by atoms with Gasteiger partial charge in [0.05, 0.1) is 17.8 Å². The first-order valence-corrected chi connectivity index (χ1v) is 9.89. The predicted molar refractivity (Wildman–Crippen MR) is 115 cm³/mol. The van der Waals surface area contributed by atoms with Gasteiger partial charge in [0.2, 0.25) is 0 Å². The smallest absolute Gasteiger partial charge is 0.166 e. The number of nitrogens with zero attached hydrogens (tertiary/aromatic N) is 9. The molecule has 10 heteroatoms. The Morgan fingerprint density at radius 1 is 1.09 bits per heavy atom. The summed E-state index contributed by atoms with van der Waals surface area (Å²) in [7, 11) is 0. The number of imidazole rings is 1. The Hall–Kier alpha value is -4.65. The van der Waals surface area contributed by atoms with Crippen molar-refractivity contribution in [2.24, 2.45) is 0 Å². The maximum Gasteiger partial charge on any atom is 0.166 e. The number of ether oxygens (including phenoxy) is 1. The van der Waals surface area contributed by atoms with Crippen LogP contribution >= 0.6 is 0 Å². The molecule has 5 rings (SSSR count). The number of hydrogen-bond acceptors (Lipinski definition) is 8. The van der Waals surface area contributed by atoms with E-state index >= 15 is 0 Å². The fourth-order valence-electron chi connectivity index (χ4n) is 3.41. The van der Waals surface area contributed by atoms with Crippen molar-refractivity contribution in [2.75, 3.05) is 0 Å². The Kier molecular flexibility index (Phi) is 4.97. The Morgan fingerprint density at radius 3 is 2.88 bits per heavy atom. The number of nitriles is 1. The third-order valence-electron chi connectivity index (χ3n) is 4.83. The molecule has 156 valence electrons. The summed E-state index contributed by atoms with van der Waals surface area (Å²) in [6, 6.07) is 17.1. The molecule has 0 aliphatic rings. The Bertz CT molecular complexity index is 1420. The molecule has 0 saturated heterocycles. The minimum atomic E-state index is -0.126. The topological polar surface area (TPSA) is 120 Å². The normalized spacial score (nSPS) is 11.9. The highest BCUT2D eigenvalue weighted by atomic mass is 16.5. The van der Waals surface area contributed by atoms with Crippen molar-refractivity contribution in [3.8, 4) is 28.9 Å². The first kappa shape index (κ1) is 19.3. The molecule has 0 aliphatic heterocycles. The highest BCUT2D eigenvalue weighted by Crippen LogP contribution is 2.26. The summed E-state index contributed by atoms with van der Waals surface area (Å²) in [5, 5.41) is 20.6.